The molecule has 5 rings (SSSR count). The Kier molecular flexibility index (Phi) is 6.96. The van der Waals surface area contributed by atoms with Gasteiger partial charge in [0, 0.05) is 29.8 Å². The summed E-state index contributed by atoms with van der Waals surface area (Å²) in [4.78, 5) is 17.1. The molecule has 0 amide bonds. The number of thiazole rings is 1. The molecule has 1 aromatic heterocycles. The Morgan fingerprint density at radius 3 is 2.02 bits per heavy atom. The molecule has 0 aliphatic carbocycles. The van der Waals surface area contributed by atoms with Crippen molar-refractivity contribution >= 4 is 27.5 Å². The first kappa shape index (κ1) is 27.1. The van der Waals surface area contributed by atoms with E-state index in [0.717, 1.165) is 15.8 Å². The second-order valence-corrected chi connectivity index (χ2v) is 9.57. The molecule has 4 nitrogen and oxygen atoms in total. The second-order valence-electron chi connectivity index (χ2n) is 8.54. The Morgan fingerprint density at radius 1 is 0.800 bits per heavy atom. The van der Waals surface area contributed by atoms with Crippen molar-refractivity contribution in [1.29, 1.82) is 0 Å². The van der Waals surface area contributed by atoms with Gasteiger partial charge in [0.15, 0.2) is 17.5 Å². The molecule has 4 aromatic carbocycles. The number of carbonyl (C=O) groups is 1. The fourth-order valence-electron chi connectivity index (χ4n) is 3.75. The number of carbonyl (C=O) groups excluding carboxylic acids is 1. The van der Waals surface area contributed by atoms with Crippen LogP contribution < -0.4 is 9.47 Å². The van der Waals surface area contributed by atoms with Crippen LogP contribution >= 0.6 is 11.3 Å². The third-order valence-electron chi connectivity index (χ3n) is 5.63. The maximum atomic E-state index is 14.5. The van der Waals surface area contributed by atoms with Gasteiger partial charge in [-0.15, -0.1) is 11.3 Å². The molecule has 12 heteroatoms. The fraction of sp³-hybridized carbons (Fsp3) is 0.0714. The predicted molar refractivity (Wildman–Crippen MR) is 132 cm³/mol. The molecule has 0 aliphatic rings. The van der Waals surface area contributed by atoms with E-state index in [1.54, 1.807) is 12.1 Å². The van der Waals surface area contributed by atoms with Crippen molar-refractivity contribution in [2.45, 2.75) is 13.0 Å². The lowest BCUT2D eigenvalue weighted by atomic mass is 10.1. The molecule has 0 radical (unpaired) electrons. The van der Waals surface area contributed by atoms with Crippen LogP contribution in [0.25, 0.3) is 20.8 Å². The molecule has 204 valence electrons. The van der Waals surface area contributed by atoms with E-state index in [4.69, 9.17) is 4.74 Å². The largest absolute Gasteiger partial charge is 0.432 e. The minimum Gasteiger partial charge on any atom is -0.429 e. The number of halogens is 7. The Balaban J connectivity index is 1.33. The van der Waals surface area contributed by atoms with Crippen LogP contribution in [0.2, 0.25) is 0 Å². The first-order chi connectivity index (χ1) is 18.9. The Labute approximate surface area is 225 Å². The highest BCUT2D eigenvalue weighted by atomic mass is 32.1. The van der Waals surface area contributed by atoms with Crippen LogP contribution in [-0.2, 0) is 6.11 Å². The first-order valence-electron chi connectivity index (χ1n) is 11.3. The molecule has 0 N–H and O–H groups in total. The summed E-state index contributed by atoms with van der Waals surface area (Å²) in [6.07, 6.45) is -4.78. The van der Waals surface area contributed by atoms with E-state index in [1.165, 1.54) is 23.5 Å². The number of aromatic nitrogens is 1. The molecule has 0 unspecified atom stereocenters. The van der Waals surface area contributed by atoms with Crippen molar-refractivity contribution in [3.63, 3.8) is 0 Å². The van der Waals surface area contributed by atoms with Gasteiger partial charge in [0.1, 0.15) is 33.7 Å². The zero-order valence-electron chi connectivity index (χ0n) is 20.1. The second kappa shape index (κ2) is 10.3. The molecule has 1 heterocycles. The highest BCUT2D eigenvalue weighted by Gasteiger charge is 2.42. The minimum absolute atomic E-state index is 0.000348. The van der Waals surface area contributed by atoms with Crippen LogP contribution in [-0.4, -0.2) is 11.0 Å². The number of hydrogen-bond donors (Lipinski definition) is 0. The lowest BCUT2D eigenvalue weighted by Gasteiger charge is -2.20. The summed E-state index contributed by atoms with van der Waals surface area (Å²) in [5.41, 5.74) is 0.679. The van der Waals surface area contributed by atoms with E-state index in [9.17, 15) is 35.5 Å². The monoisotopic (exact) mass is 577 g/mol. The average Bonchev–Trinajstić information content (AvgIpc) is 3.29. The van der Waals surface area contributed by atoms with Crippen molar-refractivity contribution in [2.24, 2.45) is 0 Å². The third-order valence-corrected chi connectivity index (χ3v) is 6.70. The number of aryl methyl sites for hydroxylation is 1. The summed E-state index contributed by atoms with van der Waals surface area (Å²) in [6.45, 7) is 1.96. The highest BCUT2D eigenvalue weighted by Crippen LogP contribution is 2.37. The molecule has 0 saturated carbocycles. The van der Waals surface area contributed by atoms with Gasteiger partial charge in [0.2, 0.25) is 0 Å². The zero-order valence-corrected chi connectivity index (χ0v) is 20.9. The molecule has 0 spiro atoms. The molecule has 5 aromatic rings. The zero-order chi connectivity index (χ0) is 28.8. The van der Waals surface area contributed by atoms with Crippen LogP contribution in [0.15, 0.2) is 66.7 Å². The molecule has 0 atom stereocenters. The number of hydrogen-bond acceptors (Lipinski definition) is 5. The predicted octanol–water partition coefficient (Wildman–Crippen LogP) is 8.31. The van der Waals surface area contributed by atoms with Gasteiger partial charge in [-0.3, -0.25) is 0 Å². The highest BCUT2D eigenvalue weighted by molar-refractivity contribution is 7.21. The van der Waals surface area contributed by atoms with Crippen LogP contribution in [0.3, 0.4) is 0 Å². The van der Waals surface area contributed by atoms with Crippen LogP contribution in [0.5, 0.6) is 11.5 Å². The minimum atomic E-state index is -4.78. The van der Waals surface area contributed by atoms with Gasteiger partial charge in [0.05, 0.1) is 15.8 Å². The van der Waals surface area contributed by atoms with Gasteiger partial charge in [0.25, 0.3) is 0 Å². The molecule has 0 bridgehead atoms. The van der Waals surface area contributed by atoms with E-state index >= 15 is 0 Å². The number of ether oxygens (including phenoxy) is 2. The van der Waals surface area contributed by atoms with E-state index in [1.807, 2.05) is 25.1 Å². The first-order valence-corrected chi connectivity index (χ1v) is 12.1. The molecular formula is C28H14F7NO3S. The topological polar surface area (TPSA) is 48.4 Å². The summed E-state index contributed by atoms with van der Waals surface area (Å²) >= 11 is 1.45. The normalized spacial score (nSPS) is 11.6. The van der Waals surface area contributed by atoms with Gasteiger partial charge in [-0.1, -0.05) is 18.2 Å². The quantitative estimate of drug-likeness (QED) is 0.0882. The van der Waals surface area contributed by atoms with Crippen LogP contribution in [0.1, 0.15) is 21.5 Å². The Morgan fingerprint density at radius 2 is 1.40 bits per heavy atom. The van der Waals surface area contributed by atoms with Crippen molar-refractivity contribution in [1.82, 2.24) is 4.98 Å². The molecule has 40 heavy (non-hydrogen) atoms. The van der Waals surface area contributed by atoms with E-state index in [2.05, 4.69) is 9.72 Å². The summed E-state index contributed by atoms with van der Waals surface area (Å²) in [5.74, 6) is -12.4. The molecular weight excluding hydrogens is 563 g/mol. The lowest BCUT2D eigenvalue weighted by molar-refractivity contribution is -0.189. The summed E-state index contributed by atoms with van der Waals surface area (Å²) in [5, 5.41) is 0.703. The van der Waals surface area contributed by atoms with E-state index in [-0.39, 0.29) is 17.7 Å². The molecule has 0 saturated heterocycles. The standard InChI is InChI=1S/C28H14F7NO3S/c1-13-2-7-22-23(8-13)40-26(36-22)14-3-5-15(6-4-14)27(37)38-16-9-18(29)24(19(30)10-16)28(34,35)39-17-11-20(31)25(33)21(32)12-17/h2-12H,1H3. The smallest absolute Gasteiger partial charge is 0.429 e. The maximum absolute atomic E-state index is 14.5. The number of alkyl halides is 2. The third kappa shape index (κ3) is 5.34. The van der Waals surface area contributed by atoms with Gasteiger partial charge < -0.3 is 9.47 Å². The van der Waals surface area contributed by atoms with Gasteiger partial charge >= 0.3 is 12.1 Å². The average molecular weight is 577 g/mol. The number of benzene rings is 4. The summed E-state index contributed by atoms with van der Waals surface area (Å²) in [7, 11) is 0. The van der Waals surface area contributed by atoms with Crippen molar-refractivity contribution in [3.8, 4) is 22.1 Å². The maximum Gasteiger partial charge on any atom is 0.432 e. The van der Waals surface area contributed by atoms with E-state index < -0.39 is 58.2 Å². The van der Waals surface area contributed by atoms with Crippen LogP contribution in [0.4, 0.5) is 30.7 Å². The number of nitrogens with zero attached hydrogens (tertiary/aromatic N) is 1. The number of esters is 1. The summed E-state index contributed by atoms with van der Waals surface area (Å²) in [6, 6.07) is 12.6. The van der Waals surface area contributed by atoms with E-state index in [0.29, 0.717) is 22.7 Å². The number of fused-ring (bicyclic) bond motifs is 1. The van der Waals surface area contributed by atoms with Gasteiger partial charge in [-0.25, -0.2) is 31.7 Å². The SMILES string of the molecule is Cc1ccc2nc(-c3ccc(C(=O)Oc4cc(F)c(C(F)(F)Oc5cc(F)c(F)c(F)c5)c(F)c4)cc3)sc2c1. The van der Waals surface area contributed by atoms with Gasteiger partial charge in [-0.2, -0.15) is 8.78 Å². The molecule has 0 aliphatic heterocycles. The van der Waals surface area contributed by atoms with Gasteiger partial charge in [-0.05, 0) is 36.8 Å². The Bertz CT molecular complexity index is 1720. The number of rotatable bonds is 6. The summed E-state index contributed by atoms with van der Waals surface area (Å²) < 4.78 is 108. The van der Waals surface area contributed by atoms with Crippen LogP contribution in [0, 0.1) is 36.0 Å². The lowest BCUT2D eigenvalue weighted by Crippen LogP contribution is -2.25. The Hall–Kier alpha value is -4.45. The van der Waals surface area contributed by atoms with Crippen molar-refractivity contribution < 1.29 is 45.0 Å². The van der Waals surface area contributed by atoms with Crippen molar-refractivity contribution in [3.05, 3.63) is 113 Å². The van der Waals surface area contributed by atoms with Crippen molar-refractivity contribution in [2.75, 3.05) is 0 Å². The fourth-order valence-corrected chi connectivity index (χ4v) is 4.82. The molecule has 0 fully saturated rings.